The van der Waals surface area contributed by atoms with Gasteiger partial charge >= 0.3 is 6.18 Å². The van der Waals surface area contributed by atoms with E-state index in [-0.39, 0.29) is 18.0 Å². The van der Waals surface area contributed by atoms with Gasteiger partial charge in [0.05, 0.1) is 16.6 Å². The normalized spacial score (nSPS) is 21.8. The molecule has 0 aromatic heterocycles. The minimum absolute atomic E-state index is 0.00177. The van der Waals surface area contributed by atoms with Crippen LogP contribution in [0.4, 0.5) is 18.9 Å². The van der Waals surface area contributed by atoms with E-state index in [0.29, 0.717) is 12.6 Å². The molecule has 5 nitrogen and oxygen atoms in total. The molecule has 2 rings (SSSR count). The summed E-state index contributed by atoms with van der Waals surface area (Å²) < 4.78 is 39.4. The molecule has 128 valence electrons. The fraction of sp³-hybridized carbons (Fsp3) is 0.600. The van der Waals surface area contributed by atoms with Crippen molar-refractivity contribution in [3.63, 3.8) is 0 Å². The molecule has 1 saturated carbocycles. The lowest BCUT2D eigenvalue weighted by Gasteiger charge is -2.24. The standard InChI is InChI=1S/C15H19F3N2O3/c1-19(9-11-3-2-4-14(11)21)8-10-5-6-12(20(22)23)7-13(10)15(16,17)18/h5-7,11,14,21H,2-4,8-9H2,1H3. The van der Waals surface area contributed by atoms with Gasteiger partial charge in [-0.05, 0) is 31.4 Å². The Morgan fingerprint density at radius 2 is 2.09 bits per heavy atom. The topological polar surface area (TPSA) is 66.6 Å². The van der Waals surface area contributed by atoms with Crippen LogP contribution in [0.1, 0.15) is 30.4 Å². The summed E-state index contributed by atoms with van der Waals surface area (Å²) in [6.45, 7) is 0.519. The number of hydrogen-bond donors (Lipinski definition) is 1. The number of aliphatic hydroxyl groups excluding tert-OH is 1. The number of aliphatic hydroxyl groups is 1. The van der Waals surface area contributed by atoms with Crippen molar-refractivity contribution in [2.24, 2.45) is 5.92 Å². The van der Waals surface area contributed by atoms with Crippen LogP contribution in [0.5, 0.6) is 0 Å². The number of halogens is 3. The summed E-state index contributed by atoms with van der Waals surface area (Å²) >= 11 is 0. The van der Waals surface area contributed by atoms with Crippen LogP contribution in [0.3, 0.4) is 0 Å². The SMILES string of the molecule is CN(Cc1ccc([N+](=O)[O-])cc1C(F)(F)F)CC1CCCC1O. The average molecular weight is 332 g/mol. The lowest BCUT2D eigenvalue weighted by Crippen LogP contribution is -2.30. The molecule has 0 aliphatic heterocycles. The van der Waals surface area contributed by atoms with Crippen molar-refractivity contribution in [1.29, 1.82) is 0 Å². The van der Waals surface area contributed by atoms with Gasteiger partial charge in [-0.2, -0.15) is 13.2 Å². The first-order chi connectivity index (χ1) is 10.7. The monoisotopic (exact) mass is 332 g/mol. The molecule has 2 unspecified atom stereocenters. The van der Waals surface area contributed by atoms with E-state index in [1.807, 2.05) is 0 Å². The van der Waals surface area contributed by atoms with Crippen LogP contribution in [-0.2, 0) is 12.7 Å². The Hall–Kier alpha value is -1.67. The maximum absolute atomic E-state index is 13.1. The summed E-state index contributed by atoms with van der Waals surface area (Å²) in [6.07, 6.45) is -2.54. The number of nitrogens with zero attached hydrogens (tertiary/aromatic N) is 2. The van der Waals surface area contributed by atoms with Crippen LogP contribution in [0, 0.1) is 16.0 Å². The van der Waals surface area contributed by atoms with Crippen molar-refractivity contribution in [2.75, 3.05) is 13.6 Å². The highest BCUT2D eigenvalue weighted by atomic mass is 19.4. The van der Waals surface area contributed by atoms with E-state index >= 15 is 0 Å². The van der Waals surface area contributed by atoms with Crippen LogP contribution in [0.25, 0.3) is 0 Å². The summed E-state index contributed by atoms with van der Waals surface area (Å²) in [5.41, 5.74) is -1.56. The summed E-state index contributed by atoms with van der Waals surface area (Å²) in [5, 5.41) is 20.5. The maximum Gasteiger partial charge on any atom is 0.416 e. The van der Waals surface area contributed by atoms with Gasteiger partial charge in [-0.15, -0.1) is 0 Å². The molecule has 0 saturated heterocycles. The highest BCUT2D eigenvalue weighted by Crippen LogP contribution is 2.35. The largest absolute Gasteiger partial charge is 0.416 e. The molecule has 1 N–H and O–H groups in total. The molecular weight excluding hydrogens is 313 g/mol. The van der Waals surface area contributed by atoms with E-state index in [1.165, 1.54) is 0 Å². The zero-order chi connectivity index (χ0) is 17.2. The third-order valence-corrected chi connectivity index (χ3v) is 4.22. The van der Waals surface area contributed by atoms with E-state index < -0.39 is 28.5 Å². The van der Waals surface area contributed by atoms with Crippen molar-refractivity contribution in [3.05, 3.63) is 39.4 Å². The number of nitro groups is 1. The lowest BCUT2D eigenvalue weighted by atomic mass is 10.0. The molecule has 0 radical (unpaired) electrons. The maximum atomic E-state index is 13.1. The van der Waals surface area contributed by atoms with Gasteiger partial charge in [0.15, 0.2) is 0 Å². The molecule has 0 spiro atoms. The third-order valence-electron chi connectivity index (χ3n) is 4.22. The van der Waals surface area contributed by atoms with E-state index in [4.69, 9.17) is 0 Å². The van der Waals surface area contributed by atoms with E-state index in [1.54, 1.807) is 11.9 Å². The fourth-order valence-corrected chi connectivity index (χ4v) is 3.07. The second-order valence-electron chi connectivity index (χ2n) is 6.05. The van der Waals surface area contributed by atoms with Gasteiger partial charge in [0.2, 0.25) is 0 Å². The Kier molecular flexibility index (Phi) is 5.26. The highest BCUT2D eigenvalue weighted by molar-refractivity contribution is 5.41. The molecule has 1 fully saturated rings. The number of hydrogen-bond acceptors (Lipinski definition) is 4. The Morgan fingerprint density at radius 3 is 2.61 bits per heavy atom. The molecule has 1 aromatic carbocycles. The number of rotatable bonds is 5. The molecule has 0 heterocycles. The molecule has 8 heteroatoms. The first kappa shape index (κ1) is 17.7. The predicted molar refractivity (Wildman–Crippen MR) is 77.8 cm³/mol. The average Bonchev–Trinajstić information content (AvgIpc) is 2.83. The fourth-order valence-electron chi connectivity index (χ4n) is 3.07. The molecule has 23 heavy (non-hydrogen) atoms. The summed E-state index contributed by atoms with van der Waals surface area (Å²) in [5.74, 6) is 0.0624. The van der Waals surface area contributed by atoms with Gasteiger partial charge in [0, 0.05) is 25.2 Å². The predicted octanol–water partition coefficient (Wildman–Crippen LogP) is 3.21. The van der Waals surface area contributed by atoms with Crippen LogP contribution in [-0.4, -0.2) is 34.6 Å². The van der Waals surface area contributed by atoms with Crippen molar-refractivity contribution >= 4 is 5.69 Å². The first-order valence-corrected chi connectivity index (χ1v) is 7.39. The summed E-state index contributed by atoms with van der Waals surface area (Å²) in [7, 11) is 1.69. The van der Waals surface area contributed by atoms with Gasteiger partial charge in [-0.1, -0.05) is 12.5 Å². The van der Waals surface area contributed by atoms with Gasteiger partial charge in [-0.25, -0.2) is 0 Å². The van der Waals surface area contributed by atoms with Gasteiger partial charge < -0.3 is 10.0 Å². The molecule has 0 bridgehead atoms. The highest BCUT2D eigenvalue weighted by Gasteiger charge is 2.35. The van der Waals surface area contributed by atoms with Crippen LogP contribution < -0.4 is 0 Å². The molecule has 1 aliphatic carbocycles. The second kappa shape index (κ2) is 6.84. The van der Waals surface area contributed by atoms with Crippen LogP contribution in [0.15, 0.2) is 18.2 Å². The minimum atomic E-state index is -4.64. The van der Waals surface area contributed by atoms with Gasteiger partial charge in [-0.3, -0.25) is 10.1 Å². The molecule has 0 amide bonds. The Balaban J connectivity index is 2.16. The third kappa shape index (κ3) is 4.42. The molecule has 2 atom stereocenters. The smallest absolute Gasteiger partial charge is 0.393 e. The number of non-ortho nitro benzene ring substituents is 1. The zero-order valence-corrected chi connectivity index (χ0v) is 12.7. The van der Waals surface area contributed by atoms with Gasteiger partial charge in [0.1, 0.15) is 0 Å². The van der Waals surface area contributed by atoms with Crippen molar-refractivity contribution < 1.29 is 23.2 Å². The summed E-state index contributed by atoms with van der Waals surface area (Å²) in [4.78, 5) is 11.6. The minimum Gasteiger partial charge on any atom is -0.393 e. The molecule has 1 aliphatic rings. The summed E-state index contributed by atoms with van der Waals surface area (Å²) in [6, 6.07) is 2.82. The number of alkyl halides is 3. The quantitative estimate of drug-likeness (QED) is 0.664. The van der Waals surface area contributed by atoms with E-state index in [0.717, 1.165) is 31.4 Å². The van der Waals surface area contributed by atoms with Crippen molar-refractivity contribution in [3.8, 4) is 0 Å². The first-order valence-electron chi connectivity index (χ1n) is 7.39. The van der Waals surface area contributed by atoms with Crippen molar-refractivity contribution in [1.82, 2.24) is 4.90 Å². The van der Waals surface area contributed by atoms with Gasteiger partial charge in [0.25, 0.3) is 5.69 Å². The molecule has 1 aromatic rings. The molecular formula is C15H19F3N2O3. The number of benzene rings is 1. The van der Waals surface area contributed by atoms with E-state index in [2.05, 4.69) is 0 Å². The van der Waals surface area contributed by atoms with Crippen LogP contribution in [0.2, 0.25) is 0 Å². The van der Waals surface area contributed by atoms with Crippen LogP contribution >= 0.6 is 0 Å². The Bertz CT molecular complexity index is 578. The second-order valence-corrected chi connectivity index (χ2v) is 6.05. The number of nitro benzene ring substituents is 1. The van der Waals surface area contributed by atoms with Crippen molar-refractivity contribution in [2.45, 2.75) is 38.1 Å². The van der Waals surface area contributed by atoms with E-state index in [9.17, 15) is 28.4 Å². The lowest BCUT2D eigenvalue weighted by molar-refractivity contribution is -0.385. The zero-order valence-electron chi connectivity index (χ0n) is 12.7. The Morgan fingerprint density at radius 1 is 1.39 bits per heavy atom. The Labute approximate surface area is 131 Å².